The summed E-state index contributed by atoms with van der Waals surface area (Å²) in [6.07, 6.45) is 5.00. The zero-order chi connectivity index (χ0) is 12.2. The van der Waals surface area contributed by atoms with E-state index in [4.69, 9.17) is 17.3 Å². The van der Waals surface area contributed by atoms with E-state index in [1.165, 1.54) is 19.3 Å². The Bertz CT molecular complexity index is 442. The summed E-state index contributed by atoms with van der Waals surface area (Å²) in [5, 5.41) is 5.23. The highest BCUT2D eigenvalue weighted by atomic mass is 35.5. The molecule has 0 spiro atoms. The molecule has 0 aliphatic heterocycles. The van der Waals surface area contributed by atoms with Crippen molar-refractivity contribution in [1.82, 2.24) is 9.78 Å². The first-order chi connectivity index (χ1) is 8.04. The van der Waals surface area contributed by atoms with E-state index in [1.807, 2.05) is 18.7 Å². The van der Waals surface area contributed by atoms with Crippen LogP contribution in [0.4, 0.5) is 0 Å². The summed E-state index contributed by atoms with van der Waals surface area (Å²) in [5.41, 5.74) is 8.42. The largest absolute Gasteiger partial charge is 0.330 e. The standard InChI is InChI=1S/C13H20ClN3/c1-8-12(14)11(17(2)16-8)6-13(7-15)4-9-3-10(9)5-13/h9-10H,3-7,15H2,1-2H3. The molecule has 2 aliphatic rings. The first-order valence-electron chi connectivity index (χ1n) is 6.43. The third-order valence-electron chi connectivity index (χ3n) is 4.70. The van der Waals surface area contributed by atoms with E-state index < -0.39 is 0 Å². The van der Waals surface area contributed by atoms with Crippen LogP contribution in [-0.2, 0) is 13.5 Å². The Morgan fingerprint density at radius 3 is 2.59 bits per heavy atom. The van der Waals surface area contributed by atoms with E-state index in [0.717, 1.165) is 41.2 Å². The summed E-state index contributed by atoms with van der Waals surface area (Å²) in [5.74, 6) is 1.90. The molecule has 3 nitrogen and oxygen atoms in total. The van der Waals surface area contributed by atoms with E-state index in [2.05, 4.69) is 5.10 Å². The van der Waals surface area contributed by atoms with Crippen molar-refractivity contribution in [2.24, 2.45) is 30.0 Å². The van der Waals surface area contributed by atoms with Gasteiger partial charge < -0.3 is 5.73 Å². The lowest BCUT2D eigenvalue weighted by atomic mass is 9.79. The van der Waals surface area contributed by atoms with E-state index in [0.29, 0.717) is 0 Å². The highest BCUT2D eigenvalue weighted by Crippen LogP contribution is 2.60. The molecule has 1 aromatic rings. The van der Waals surface area contributed by atoms with Crippen LogP contribution in [0.1, 0.15) is 30.7 Å². The van der Waals surface area contributed by atoms with Gasteiger partial charge in [-0.2, -0.15) is 5.10 Å². The summed E-state index contributed by atoms with van der Waals surface area (Å²) >= 11 is 6.33. The van der Waals surface area contributed by atoms with Gasteiger partial charge in [0.25, 0.3) is 0 Å². The summed E-state index contributed by atoms with van der Waals surface area (Å²) < 4.78 is 1.93. The number of hydrogen-bond donors (Lipinski definition) is 1. The molecule has 3 rings (SSSR count). The van der Waals surface area contributed by atoms with Crippen LogP contribution in [0, 0.1) is 24.2 Å². The molecular formula is C13H20ClN3. The Kier molecular flexibility index (Phi) is 2.53. The molecule has 0 bridgehead atoms. The predicted molar refractivity (Wildman–Crippen MR) is 69.0 cm³/mol. The van der Waals surface area contributed by atoms with Crippen LogP contribution in [0.15, 0.2) is 0 Å². The average Bonchev–Trinajstić information content (AvgIpc) is 2.85. The fourth-order valence-corrected chi connectivity index (χ4v) is 3.84. The molecule has 4 heteroatoms. The zero-order valence-electron chi connectivity index (χ0n) is 10.5. The maximum atomic E-state index is 6.33. The lowest BCUT2D eigenvalue weighted by Gasteiger charge is -2.29. The minimum atomic E-state index is 0.289. The molecule has 0 radical (unpaired) electrons. The number of aryl methyl sites for hydroxylation is 2. The molecule has 17 heavy (non-hydrogen) atoms. The van der Waals surface area contributed by atoms with E-state index in [9.17, 15) is 0 Å². The molecule has 2 unspecified atom stereocenters. The SMILES string of the molecule is Cc1nn(C)c(CC2(CN)CC3CC3C2)c1Cl. The highest BCUT2D eigenvalue weighted by Gasteiger charge is 2.53. The van der Waals surface area contributed by atoms with Crippen LogP contribution >= 0.6 is 11.6 Å². The van der Waals surface area contributed by atoms with Gasteiger partial charge in [-0.25, -0.2) is 0 Å². The Hall–Kier alpha value is -0.540. The molecule has 0 saturated heterocycles. The first-order valence-corrected chi connectivity index (χ1v) is 6.80. The lowest BCUT2D eigenvalue weighted by Crippen LogP contribution is -2.32. The summed E-state index contributed by atoms with van der Waals surface area (Å²) in [6, 6.07) is 0. The van der Waals surface area contributed by atoms with Gasteiger partial charge in [0.2, 0.25) is 0 Å². The Morgan fingerprint density at radius 1 is 1.47 bits per heavy atom. The molecule has 2 fully saturated rings. The number of hydrogen-bond acceptors (Lipinski definition) is 2. The van der Waals surface area contributed by atoms with Gasteiger partial charge >= 0.3 is 0 Å². The molecule has 0 aromatic carbocycles. The monoisotopic (exact) mass is 253 g/mol. The normalized spacial score (nSPS) is 35.1. The Labute approximate surface area is 107 Å². The topological polar surface area (TPSA) is 43.8 Å². The maximum absolute atomic E-state index is 6.33. The third kappa shape index (κ3) is 1.80. The number of rotatable bonds is 3. The van der Waals surface area contributed by atoms with Gasteiger partial charge in [0.15, 0.2) is 0 Å². The zero-order valence-corrected chi connectivity index (χ0v) is 11.3. The van der Waals surface area contributed by atoms with Crippen molar-refractivity contribution in [3.63, 3.8) is 0 Å². The van der Waals surface area contributed by atoms with Gasteiger partial charge in [-0.1, -0.05) is 11.6 Å². The number of fused-ring (bicyclic) bond motifs is 1. The van der Waals surface area contributed by atoms with Crippen LogP contribution < -0.4 is 5.73 Å². The van der Waals surface area contributed by atoms with Crippen LogP contribution in [0.5, 0.6) is 0 Å². The van der Waals surface area contributed by atoms with E-state index in [1.54, 1.807) is 0 Å². The van der Waals surface area contributed by atoms with Crippen molar-refractivity contribution in [2.45, 2.75) is 32.6 Å². The van der Waals surface area contributed by atoms with Gasteiger partial charge in [0.1, 0.15) is 0 Å². The molecule has 0 amide bonds. The maximum Gasteiger partial charge on any atom is 0.0847 e. The second-order valence-electron chi connectivity index (χ2n) is 6.01. The minimum Gasteiger partial charge on any atom is -0.330 e. The van der Waals surface area contributed by atoms with Crippen LogP contribution in [0.2, 0.25) is 5.02 Å². The molecule has 94 valence electrons. The molecule has 2 atom stereocenters. The second kappa shape index (κ2) is 3.72. The van der Waals surface area contributed by atoms with Crippen molar-refractivity contribution in [1.29, 1.82) is 0 Å². The van der Waals surface area contributed by atoms with Gasteiger partial charge in [-0.3, -0.25) is 4.68 Å². The summed E-state index contributed by atoms with van der Waals surface area (Å²) in [4.78, 5) is 0. The quantitative estimate of drug-likeness (QED) is 0.898. The molecule has 2 N–H and O–H groups in total. The van der Waals surface area contributed by atoms with Crippen LogP contribution in [0.3, 0.4) is 0 Å². The van der Waals surface area contributed by atoms with Crippen LogP contribution in [-0.4, -0.2) is 16.3 Å². The predicted octanol–water partition coefficient (Wildman–Crippen LogP) is 2.30. The molecule has 2 saturated carbocycles. The minimum absolute atomic E-state index is 0.289. The lowest BCUT2D eigenvalue weighted by molar-refractivity contribution is 0.267. The van der Waals surface area contributed by atoms with Gasteiger partial charge in [0, 0.05) is 7.05 Å². The molecule has 2 aliphatic carbocycles. The van der Waals surface area contributed by atoms with Crippen molar-refractivity contribution >= 4 is 11.6 Å². The van der Waals surface area contributed by atoms with E-state index in [-0.39, 0.29) is 5.41 Å². The summed E-state index contributed by atoms with van der Waals surface area (Å²) in [7, 11) is 1.98. The second-order valence-corrected chi connectivity index (χ2v) is 6.39. The fourth-order valence-electron chi connectivity index (χ4n) is 3.62. The number of halogens is 1. The van der Waals surface area contributed by atoms with Crippen molar-refractivity contribution in [3.05, 3.63) is 16.4 Å². The van der Waals surface area contributed by atoms with Gasteiger partial charge in [0.05, 0.1) is 16.4 Å². The highest BCUT2D eigenvalue weighted by molar-refractivity contribution is 6.31. The van der Waals surface area contributed by atoms with Gasteiger partial charge in [-0.15, -0.1) is 0 Å². The van der Waals surface area contributed by atoms with Crippen molar-refractivity contribution in [3.8, 4) is 0 Å². The number of nitrogens with two attached hydrogens (primary N) is 1. The molecule has 1 heterocycles. The van der Waals surface area contributed by atoms with Crippen molar-refractivity contribution < 1.29 is 0 Å². The Balaban J connectivity index is 1.85. The van der Waals surface area contributed by atoms with Gasteiger partial charge in [-0.05, 0) is 56.4 Å². The third-order valence-corrected chi connectivity index (χ3v) is 5.19. The molecule has 1 aromatic heterocycles. The molecular weight excluding hydrogens is 234 g/mol. The average molecular weight is 254 g/mol. The smallest absolute Gasteiger partial charge is 0.0847 e. The Morgan fingerprint density at radius 2 is 2.12 bits per heavy atom. The number of nitrogens with zero attached hydrogens (tertiary/aromatic N) is 2. The van der Waals surface area contributed by atoms with E-state index >= 15 is 0 Å². The van der Waals surface area contributed by atoms with Crippen LogP contribution in [0.25, 0.3) is 0 Å². The number of aromatic nitrogens is 2. The first kappa shape index (κ1) is 11.5. The fraction of sp³-hybridized carbons (Fsp3) is 0.769. The van der Waals surface area contributed by atoms with Crippen molar-refractivity contribution in [2.75, 3.05) is 6.54 Å². The summed E-state index contributed by atoms with van der Waals surface area (Å²) in [6.45, 7) is 2.74.